The molecule has 0 aliphatic carbocycles. The molecule has 9 heteroatoms. The van der Waals surface area contributed by atoms with Crippen molar-refractivity contribution in [3.63, 3.8) is 0 Å². The van der Waals surface area contributed by atoms with Gasteiger partial charge in [-0.05, 0) is 30.2 Å². The molecule has 0 saturated carbocycles. The van der Waals surface area contributed by atoms with Crippen molar-refractivity contribution in [2.24, 2.45) is 5.92 Å². The number of nitrogens with zero attached hydrogens (tertiary/aromatic N) is 2. The Balaban J connectivity index is 2.09. The van der Waals surface area contributed by atoms with Gasteiger partial charge in [-0.25, -0.2) is 15.2 Å². The smallest absolute Gasteiger partial charge is 0.420 e. The van der Waals surface area contributed by atoms with Crippen LogP contribution in [0.3, 0.4) is 0 Å². The molecule has 1 atom stereocenters. The van der Waals surface area contributed by atoms with Crippen LogP contribution in [0.25, 0.3) is 0 Å². The van der Waals surface area contributed by atoms with Gasteiger partial charge < -0.3 is 9.47 Å². The normalized spacial score (nSPS) is 11.6. The zero-order valence-corrected chi connectivity index (χ0v) is 15.7. The lowest BCUT2D eigenvalue weighted by atomic mass is 10.1. The fraction of sp³-hybridized carbons (Fsp3) is 0.263. The third-order valence-corrected chi connectivity index (χ3v) is 3.78. The number of nitro groups is 1. The molecule has 2 aromatic rings. The van der Waals surface area contributed by atoms with E-state index in [0.29, 0.717) is 5.69 Å². The van der Waals surface area contributed by atoms with Crippen LogP contribution in [0.15, 0.2) is 54.6 Å². The van der Waals surface area contributed by atoms with Gasteiger partial charge in [0.1, 0.15) is 5.75 Å². The van der Waals surface area contributed by atoms with Crippen molar-refractivity contribution in [3.8, 4) is 5.75 Å². The number of ether oxygens (including phenoxy) is 2. The summed E-state index contributed by atoms with van der Waals surface area (Å²) in [7, 11) is 1.58. The molecule has 1 N–H and O–H groups in total. The van der Waals surface area contributed by atoms with Crippen LogP contribution in [0.4, 0.5) is 16.2 Å². The van der Waals surface area contributed by atoms with Crippen LogP contribution in [0, 0.1) is 16.0 Å². The Morgan fingerprint density at radius 2 is 1.68 bits per heavy atom. The van der Waals surface area contributed by atoms with Crippen molar-refractivity contribution in [1.82, 2.24) is 5.43 Å². The van der Waals surface area contributed by atoms with Gasteiger partial charge in [0.2, 0.25) is 0 Å². The molecule has 1 amide bonds. The molecule has 1 unspecified atom stereocenters. The fourth-order valence-corrected chi connectivity index (χ4v) is 2.40. The van der Waals surface area contributed by atoms with Gasteiger partial charge in [-0.15, -0.1) is 0 Å². The number of nitro benzene ring substituents is 1. The fourth-order valence-electron chi connectivity index (χ4n) is 2.40. The second-order valence-corrected chi connectivity index (χ2v) is 6.12. The SMILES string of the molecule is CNN(C(=O)C(OC(=O)Oc1ccc([N+](=O)[O-])cc1)C(C)C)c1ccccc1. The number of non-ortho nitro benzene ring substituents is 1. The van der Waals surface area contributed by atoms with E-state index in [1.54, 1.807) is 45.2 Å². The average Bonchev–Trinajstić information content (AvgIpc) is 2.67. The average molecular weight is 387 g/mol. The van der Waals surface area contributed by atoms with E-state index in [1.165, 1.54) is 29.3 Å². The van der Waals surface area contributed by atoms with Crippen LogP contribution in [-0.2, 0) is 9.53 Å². The van der Waals surface area contributed by atoms with Gasteiger partial charge in [0.05, 0.1) is 10.6 Å². The second kappa shape index (κ2) is 9.47. The molecule has 28 heavy (non-hydrogen) atoms. The number of nitrogens with one attached hydrogen (secondary N) is 1. The first kappa shape index (κ1) is 20.8. The molecule has 0 aliphatic rings. The van der Waals surface area contributed by atoms with Crippen molar-refractivity contribution < 1.29 is 24.0 Å². The lowest BCUT2D eigenvalue weighted by Gasteiger charge is -2.27. The Bertz CT molecular complexity index is 823. The Morgan fingerprint density at radius 1 is 1.07 bits per heavy atom. The number of benzene rings is 2. The summed E-state index contributed by atoms with van der Waals surface area (Å²) in [6.07, 6.45) is -2.18. The molecule has 0 aromatic heterocycles. The number of hydrogen-bond acceptors (Lipinski definition) is 7. The van der Waals surface area contributed by atoms with Gasteiger partial charge in [-0.3, -0.25) is 14.9 Å². The summed E-state index contributed by atoms with van der Waals surface area (Å²) in [6, 6.07) is 13.8. The van der Waals surface area contributed by atoms with Gasteiger partial charge in [-0.1, -0.05) is 32.0 Å². The second-order valence-electron chi connectivity index (χ2n) is 6.12. The number of para-hydroxylation sites is 1. The summed E-state index contributed by atoms with van der Waals surface area (Å²) in [5.74, 6) is -0.722. The molecular weight excluding hydrogens is 366 g/mol. The quantitative estimate of drug-likeness (QED) is 0.336. The summed E-state index contributed by atoms with van der Waals surface area (Å²) in [6.45, 7) is 3.47. The maximum Gasteiger partial charge on any atom is 0.514 e. The Labute approximate surface area is 162 Å². The van der Waals surface area contributed by atoms with E-state index in [4.69, 9.17) is 9.47 Å². The van der Waals surface area contributed by atoms with Crippen molar-refractivity contribution in [1.29, 1.82) is 0 Å². The van der Waals surface area contributed by atoms with Gasteiger partial charge in [-0.2, -0.15) is 0 Å². The molecule has 0 bridgehead atoms. The summed E-state index contributed by atoms with van der Waals surface area (Å²) in [5.41, 5.74) is 3.24. The number of anilines is 1. The standard InChI is InChI=1S/C19H21N3O6/c1-13(2)17(18(23)21(20-3)14-7-5-4-6-8-14)28-19(24)27-16-11-9-15(10-12-16)22(25)26/h4-13,17,20H,1-3H3. The van der Waals surface area contributed by atoms with E-state index < -0.39 is 23.1 Å². The number of rotatable bonds is 7. The molecule has 2 aromatic carbocycles. The molecule has 0 spiro atoms. The van der Waals surface area contributed by atoms with Crippen molar-refractivity contribution in [3.05, 3.63) is 64.7 Å². The van der Waals surface area contributed by atoms with Gasteiger partial charge in [0, 0.05) is 19.2 Å². The molecular formula is C19H21N3O6. The van der Waals surface area contributed by atoms with Crippen LogP contribution in [0.5, 0.6) is 5.75 Å². The van der Waals surface area contributed by atoms with Crippen molar-refractivity contribution in [2.75, 3.05) is 12.1 Å². The van der Waals surface area contributed by atoms with E-state index >= 15 is 0 Å². The lowest BCUT2D eigenvalue weighted by Crippen LogP contribution is -2.49. The summed E-state index contributed by atoms with van der Waals surface area (Å²) in [4.78, 5) is 35.1. The van der Waals surface area contributed by atoms with Crippen LogP contribution in [0.1, 0.15) is 13.8 Å². The number of carbonyl (C=O) groups is 2. The molecule has 148 valence electrons. The molecule has 9 nitrogen and oxygen atoms in total. The zero-order chi connectivity index (χ0) is 20.7. The van der Waals surface area contributed by atoms with E-state index in [0.717, 1.165) is 0 Å². The van der Waals surface area contributed by atoms with E-state index in [2.05, 4.69) is 5.43 Å². The third-order valence-electron chi connectivity index (χ3n) is 3.78. The number of hydrazine groups is 1. The van der Waals surface area contributed by atoms with Gasteiger partial charge >= 0.3 is 6.16 Å². The Hall–Kier alpha value is -3.46. The first-order valence-electron chi connectivity index (χ1n) is 8.52. The minimum absolute atomic E-state index is 0.0686. The summed E-state index contributed by atoms with van der Waals surface area (Å²) >= 11 is 0. The summed E-state index contributed by atoms with van der Waals surface area (Å²) < 4.78 is 10.3. The molecule has 0 radical (unpaired) electrons. The highest BCUT2D eigenvalue weighted by Crippen LogP contribution is 2.20. The highest BCUT2D eigenvalue weighted by atomic mass is 16.7. The Kier molecular flexibility index (Phi) is 7.05. The predicted molar refractivity (Wildman–Crippen MR) is 102 cm³/mol. The lowest BCUT2D eigenvalue weighted by molar-refractivity contribution is -0.384. The molecule has 0 fully saturated rings. The maximum atomic E-state index is 12.9. The van der Waals surface area contributed by atoms with Crippen LogP contribution in [0.2, 0.25) is 0 Å². The first-order valence-corrected chi connectivity index (χ1v) is 8.52. The maximum absolute atomic E-state index is 12.9. The largest absolute Gasteiger partial charge is 0.514 e. The third kappa shape index (κ3) is 5.27. The molecule has 0 saturated heterocycles. The number of hydrogen-bond donors (Lipinski definition) is 1. The predicted octanol–water partition coefficient (Wildman–Crippen LogP) is 3.30. The number of carbonyl (C=O) groups excluding carboxylic acids is 2. The van der Waals surface area contributed by atoms with Gasteiger partial charge in [0.25, 0.3) is 11.6 Å². The van der Waals surface area contributed by atoms with E-state index in [-0.39, 0.29) is 17.4 Å². The number of amides is 1. The van der Waals surface area contributed by atoms with Crippen LogP contribution < -0.4 is 15.2 Å². The molecule has 0 aliphatic heterocycles. The minimum Gasteiger partial charge on any atom is -0.420 e. The summed E-state index contributed by atoms with van der Waals surface area (Å²) in [5, 5.41) is 11.9. The van der Waals surface area contributed by atoms with Crippen LogP contribution in [-0.4, -0.2) is 30.1 Å². The highest BCUT2D eigenvalue weighted by molar-refractivity contribution is 5.96. The zero-order valence-electron chi connectivity index (χ0n) is 15.7. The van der Waals surface area contributed by atoms with E-state index in [9.17, 15) is 19.7 Å². The minimum atomic E-state index is -1.10. The van der Waals surface area contributed by atoms with Crippen molar-refractivity contribution >= 4 is 23.4 Å². The monoisotopic (exact) mass is 387 g/mol. The first-order chi connectivity index (χ1) is 13.3. The van der Waals surface area contributed by atoms with Crippen molar-refractivity contribution in [2.45, 2.75) is 20.0 Å². The topological polar surface area (TPSA) is 111 Å². The van der Waals surface area contributed by atoms with Gasteiger partial charge in [0.15, 0.2) is 6.10 Å². The molecule has 0 heterocycles. The van der Waals surface area contributed by atoms with E-state index in [1.807, 2.05) is 6.07 Å². The highest BCUT2D eigenvalue weighted by Gasteiger charge is 2.32. The van der Waals surface area contributed by atoms with Crippen LogP contribution >= 0.6 is 0 Å². The Morgan fingerprint density at radius 3 is 2.18 bits per heavy atom. The molecule has 2 rings (SSSR count).